The first-order valence-corrected chi connectivity index (χ1v) is 5.08. The smallest absolute Gasteiger partial charge is 0.178 e. The van der Waals surface area contributed by atoms with Crippen LogP contribution in [0, 0.1) is 6.92 Å². The molecule has 76 valence electrons. The molecular weight excluding hydrogens is 184 g/mol. The van der Waals surface area contributed by atoms with Crippen LogP contribution in [0.25, 0.3) is 0 Å². The number of carbonyl (C=O) groups is 1. The summed E-state index contributed by atoms with van der Waals surface area (Å²) in [5.41, 5.74) is 0.914. The van der Waals surface area contributed by atoms with Crippen LogP contribution < -0.4 is 5.32 Å². The Bertz CT molecular complexity index is 211. The van der Waals surface area contributed by atoms with Crippen LogP contribution in [0.1, 0.15) is 29.3 Å². The molecular formula is C9H18N2OS. The molecule has 0 amide bonds. The Kier molecular flexibility index (Phi) is 12.8. The lowest BCUT2D eigenvalue weighted by Crippen LogP contribution is -1.89. The number of nitrogens with zero attached hydrogens (tertiary/aromatic N) is 1. The summed E-state index contributed by atoms with van der Waals surface area (Å²) in [6, 6.07) is 0. The minimum Gasteiger partial charge on any atom is -0.323 e. The zero-order chi connectivity index (χ0) is 10.7. The van der Waals surface area contributed by atoms with Gasteiger partial charge in [-0.3, -0.25) is 4.79 Å². The number of rotatable bonds is 1. The molecule has 4 heteroatoms. The summed E-state index contributed by atoms with van der Waals surface area (Å²) in [7, 11) is 3.75. The van der Waals surface area contributed by atoms with Crippen molar-refractivity contribution in [2.75, 3.05) is 14.1 Å². The predicted molar refractivity (Wildman–Crippen MR) is 58.6 cm³/mol. The second-order valence-corrected chi connectivity index (χ2v) is 2.83. The number of nitrogens with one attached hydrogen (secondary N) is 1. The number of hydrogen-bond donors (Lipinski definition) is 1. The molecule has 0 spiro atoms. The van der Waals surface area contributed by atoms with Crippen molar-refractivity contribution < 1.29 is 4.79 Å². The molecule has 1 aromatic rings. The van der Waals surface area contributed by atoms with Gasteiger partial charge in [-0.15, -0.1) is 11.3 Å². The van der Waals surface area contributed by atoms with Crippen molar-refractivity contribution >= 4 is 17.6 Å². The lowest BCUT2D eigenvalue weighted by Gasteiger charge is -1.70. The monoisotopic (exact) mass is 202 g/mol. The minimum absolute atomic E-state index is 0.558. The second-order valence-electron chi connectivity index (χ2n) is 1.94. The number of thiazole rings is 1. The summed E-state index contributed by atoms with van der Waals surface area (Å²) in [5.74, 6) is 0. The fourth-order valence-electron chi connectivity index (χ4n) is 0.426. The molecule has 0 aliphatic heterocycles. The SMILES string of the molecule is CC.CNC.Cc1csc(C=O)n1. The molecule has 1 N–H and O–H groups in total. The Morgan fingerprint density at radius 3 is 2.08 bits per heavy atom. The lowest BCUT2D eigenvalue weighted by molar-refractivity contribution is 0.112. The third-order valence-electron chi connectivity index (χ3n) is 0.738. The van der Waals surface area contributed by atoms with Gasteiger partial charge in [0.25, 0.3) is 0 Å². The lowest BCUT2D eigenvalue weighted by atomic mass is 10.6. The molecule has 1 aromatic heterocycles. The van der Waals surface area contributed by atoms with Crippen LogP contribution >= 0.6 is 11.3 Å². The molecule has 0 unspecified atom stereocenters. The maximum Gasteiger partial charge on any atom is 0.178 e. The van der Waals surface area contributed by atoms with Gasteiger partial charge < -0.3 is 5.32 Å². The van der Waals surface area contributed by atoms with Crippen molar-refractivity contribution in [3.05, 3.63) is 16.1 Å². The van der Waals surface area contributed by atoms with Crippen molar-refractivity contribution in [1.82, 2.24) is 10.3 Å². The fourth-order valence-corrected chi connectivity index (χ4v) is 1.02. The van der Waals surface area contributed by atoms with Crippen molar-refractivity contribution in [3.63, 3.8) is 0 Å². The highest BCUT2D eigenvalue weighted by Crippen LogP contribution is 2.04. The summed E-state index contributed by atoms with van der Waals surface area (Å²) in [6.45, 7) is 5.86. The number of aldehydes is 1. The Morgan fingerprint density at radius 1 is 1.46 bits per heavy atom. The second kappa shape index (κ2) is 11.3. The summed E-state index contributed by atoms with van der Waals surface area (Å²) in [6.07, 6.45) is 0.762. The van der Waals surface area contributed by atoms with E-state index >= 15 is 0 Å². The van der Waals surface area contributed by atoms with Crippen LogP contribution in [0.3, 0.4) is 0 Å². The van der Waals surface area contributed by atoms with Crippen molar-refractivity contribution in [2.24, 2.45) is 0 Å². The molecule has 3 nitrogen and oxygen atoms in total. The van der Waals surface area contributed by atoms with Crippen LogP contribution in [-0.2, 0) is 0 Å². The molecule has 0 bridgehead atoms. The van der Waals surface area contributed by atoms with E-state index in [1.165, 1.54) is 11.3 Å². The van der Waals surface area contributed by atoms with E-state index in [0.717, 1.165) is 12.0 Å². The Morgan fingerprint density at radius 2 is 1.92 bits per heavy atom. The van der Waals surface area contributed by atoms with Crippen molar-refractivity contribution in [1.29, 1.82) is 0 Å². The molecule has 0 aliphatic rings. The van der Waals surface area contributed by atoms with E-state index < -0.39 is 0 Å². The standard InChI is InChI=1S/C5H5NOS.C2H7N.C2H6/c1-4-3-8-5(2-7)6-4;1-3-2;1-2/h2-3H,1H3;3H,1-2H3;1-2H3. The first kappa shape index (κ1) is 14.8. The van der Waals surface area contributed by atoms with Crippen molar-refractivity contribution in [3.8, 4) is 0 Å². The largest absolute Gasteiger partial charge is 0.323 e. The van der Waals surface area contributed by atoms with Gasteiger partial charge >= 0.3 is 0 Å². The average Bonchev–Trinajstić information content (AvgIpc) is 2.56. The molecule has 1 heterocycles. The van der Waals surface area contributed by atoms with E-state index in [-0.39, 0.29) is 0 Å². The van der Waals surface area contributed by atoms with Gasteiger partial charge in [0, 0.05) is 11.1 Å². The summed E-state index contributed by atoms with van der Waals surface area (Å²) in [5, 5.41) is 5.16. The average molecular weight is 202 g/mol. The Balaban J connectivity index is 0. The normalized spacial score (nSPS) is 7.46. The molecule has 0 aromatic carbocycles. The van der Waals surface area contributed by atoms with E-state index in [1.54, 1.807) is 0 Å². The van der Waals surface area contributed by atoms with Crippen LogP contribution in [0.5, 0.6) is 0 Å². The first-order chi connectivity index (χ1) is 6.24. The van der Waals surface area contributed by atoms with Gasteiger partial charge in [0.2, 0.25) is 0 Å². The van der Waals surface area contributed by atoms with Gasteiger partial charge in [-0.2, -0.15) is 0 Å². The molecule has 0 fully saturated rings. The van der Waals surface area contributed by atoms with Crippen LogP contribution in [0.4, 0.5) is 0 Å². The Labute approximate surface area is 84.2 Å². The number of hydrogen-bond acceptors (Lipinski definition) is 4. The van der Waals surface area contributed by atoms with Gasteiger partial charge in [0.1, 0.15) is 0 Å². The summed E-state index contributed by atoms with van der Waals surface area (Å²) >= 11 is 1.37. The zero-order valence-corrected chi connectivity index (χ0v) is 9.73. The van der Waals surface area contributed by atoms with E-state index in [2.05, 4.69) is 10.3 Å². The maximum absolute atomic E-state index is 9.97. The van der Waals surface area contributed by atoms with Crippen LogP contribution in [-0.4, -0.2) is 25.4 Å². The Hall–Kier alpha value is -0.740. The third-order valence-corrected chi connectivity index (χ3v) is 1.63. The van der Waals surface area contributed by atoms with Crippen LogP contribution in [0.15, 0.2) is 5.38 Å². The summed E-state index contributed by atoms with van der Waals surface area (Å²) < 4.78 is 0. The zero-order valence-electron chi connectivity index (χ0n) is 8.92. The number of aryl methyl sites for hydroxylation is 1. The fraction of sp³-hybridized carbons (Fsp3) is 0.556. The molecule has 0 atom stereocenters. The van der Waals surface area contributed by atoms with Gasteiger partial charge in [-0.05, 0) is 21.0 Å². The highest BCUT2D eigenvalue weighted by atomic mass is 32.1. The van der Waals surface area contributed by atoms with Crippen LogP contribution in [0.2, 0.25) is 0 Å². The molecule has 0 saturated carbocycles. The molecule has 13 heavy (non-hydrogen) atoms. The van der Waals surface area contributed by atoms with E-state index in [9.17, 15) is 4.79 Å². The molecule has 0 aliphatic carbocycles. The molecule has 0 radical (unpaired) electrons. The van der Waals surface area contributed by atoms with Gasteiger partial charge in [-0.1, -0.05) is 13.8 Å². The number of aromatic nitrogens is 1. The molecule has 1 rings (SSSR count). The van der Waals surface area contributed by atoms with E-state index in [4.69, 9.17) is 0 Å². The molecule has 0 saturated heterocycles. The quantitative estimate of drug-likeness (QED) is 0.709. The highest BCUT2D eigenvalue weighted by molar-refractivity contribution is 7.11. The van der Waals surface area contributed by atoms with E-state index in [0.29, 0.717) is 5.01 Å². The van der Waals surface area contributed by atoms with E-state index in [1.807, 2.05) is 40.2 Å². The number of carbonyl (C=O) groups excluding carboxylic acids is 1. The van der Waals surface area contributed by atoms with Gasteiger partial charge in [0.05, 0.1) is 0 Å². The maximum atomic E-state index is 9.97. The first-order valence-electron chi connectivity index (χ1n) is 4.20. The predicted octanol–water partition coefficient (Wildman–Crippen LogP) is 2.13. The van der Waals surface area contributed by atoms with Gasteiger partial charge in [0.15, 0.2) is 11.3 Å². The minimum atomic E-state index is 0.558. The summed E-state index contributed by atoms with van der Waals surface area (Å²) in [4.78, 5) is 13.8. The third kappa shape index (κ3) is 9.17. The highest BCUT2D eigenvalue weighted by Gasteiger charge is 1.91. The van der Waals surface area contributed by atoms with Gasteiger partial charge in [-0.25, -0.2) is 4.98 Å². The van der Waals surface area contributed by atoms with Crippen molar-refractivity contribution in [2.45, 2.75) is 20.8 Å². The topological polar surface area (TPSA) is 42.0 Å².